The van der Waals surface area contributed by atoms with Crippen LogP contribution in [0.15, 0.2) is 30.6 Å². The summed E-state index contributed by atoms with van der Waals surface area (Å²) in [5, 5.41) is 17.8. The first-order chi connectivity index (χ1) is 8.59. The van der Waals surface area contributed by atoms with Crippen molar-refractivity contribution < 1.29 is 14.7 Å². The van der Waals surface area contributed by atoms with Crippen molar-refractivity contribution in [3.8, 4) is 0 Å². The average molecular weight is 245 g/mol. The van der Waals surface area contributed by atoms with Crippen LogP contribution in [0.1, 0.15) is 26.3 Å². The fourth-order valence-corrected chi connectivity index (χ4v) is 1.57. The molecule has 0 aliphatic rings. The van der Waals surface area contributed by atoms with Gasteiger partial charge in [0.2, 0.25) is 0 Å². The summed E-state index contributed by atoms with van der Waals surface area (Å²) < 4.78 is 0. The highest BCUT2D eigenvalue weighted by Gasteiger charge is 2.13. The Bertz CT molecular complexity index is 591. The first-order valence-corrected chi connectivity index (χ1v) is 5.22. The van der Waals surface area contributed by atoms with E-state index >= 15 is 0 Å². The molecule has 6 heteroatoms. The Kier molecular flexibility index (Phi) is 3.09. The molecule has 0 bridgehead atoms. The van der Waals surface area contributed by atoms with E-state index in [1.54, 1.807) is 19.1 Å². The Morgan fingerprint density at radius 1 is 1.39 bits per heavy atom. The van der Waals surface area contributed by atoms with E-state index in [1.807, 2.05) is 0 Å². The third kappa shape index (κ3) is 2.22. The lowest BCUT2D eigenvalue weighted by atomic mass is 10.1. The number of carbonyl (C=O) groups excluding carboxylic acids is 1. The maximum Gasteiger partial charge on any atom is 0.336 e. The van der Waals surface area contributed by atoms with Gasteiger partial charge in [-0.15, -0.1) is 0 Å². The van der Waals surface area contributed by atoms with E-state index in [4.69, 9.17) is 5.11 Å². The standard InChI is InChI=1S/C12H11N3O3/c1-7-9(12(17)18)3-2-4-10(7)15-11(16)8-5-13-14-6-8/h2-6H,1H3,(H,13,14)(H,15,16)(H,17,18). The number of hydrogen-bond acceptors (Lipinski definition) is 3. The van der Waals surface area contributed by atoms with Gasteiger partial charge in [-0.05, 0) is 24.6 Å². The number of carboxylic acid groups (broad SMARTS) is 1. The Morgan fingerprint density at radius 2 is 2.17 bits per heavy atom. The van der Waals surface area contributed by atoms with E-state index in [0.29, 0.717) is 16.8 Å². The molecule has 0 radical (unpaired) electrons. The van der Waals surface area contributed by atoms with Crippen molar-refractivity contribution in [2.75, 3.05) is 5.32 Å². The maximum absolute atomic E-state index is 11.8. The molecule has 1 heterocycles. The van der Waals surface area contributed by atoms with Crippen LogP contribution < -0.4 is 5.32 Å². The molecule has 0 saturated carbocycles. The minimum atomic E-state index is -1.02. The van der Waals surface area contributed by atoms with Crippen LogP contribution in [-0.4, -0.2) is 27.2 Å². The number of H-pyrrole nitrogens is 1. The first kappa shape index (κ1) is 11.8. The van der Waals surface area contributed by atoms with Crippen molar-refractivity contribution in [2.45, 2.75) is 6.92 Å². The average Bonchev–Trinajstić information content (AvgIpc) is 2.85. The molecule has 6 nitrogen and oxygen atoms in total. The van der Waals surface area contributed by atoms with E-state index < -0.39 is 5.97 Å². The number of rotatable bonds is 3. The lowest BCUT2D eigenvalue weighted by Crippen LogP contribution is -2.13. The number of aromatic amines is 1. The zero-order valence-corrected chi connectivity index (χ0v) is 9.60. The summed E-state index contributed by atoms with van der Waals surface area (Å²) in [4.78, 5) is 22.8. The number of hydrogen-bond donors (Lipinski definition) is 3. The molecule has 0 saturated heterocycles. The van der Waals surface area contributed by atoms with Gasteiger partial charge in [0.15, 0.2) is 0 Å². The number of carbonyl (C=O) groups is 2. The minimum Gasteiger partial charge on any atom is -0.478 e. The summed E-state index contributed by atoms with van der Waals surface area (Å²) in [6.07, 6.45) is 2.86. The second-order valence-electron chi connectivity index (χ2n) is 3.72. The summed E-state index contributed by atoms with van der Waals surface area (Å²) in [6.45, 7) is 1.65. The molecule has 0 atom stereocenters. The van der Waals surface area contributed by atoms with Crippen molar-refractivity contribution in [1.29, 1.82) is 0 Å². The van der Waals surface area contributed by atoms with Crippen molar-refractivity contribution in [3.63, 3.8) is 0 Å². The van der Waals surface area contributed by atoms with E-state index in [0.717, 1.165) is 0 Å². The number of benzene rings is 1. The lowest BCUT2D eigenvalue weighted by molar-refractivity contribution is 0.0695. The number of amides is 1. The van der Waals surface area contributed by atoms with E-state index in [1.165, 1.54) is 18.5 Å². The fraction of sp³-hybridized carbons (Fsp3) is 0.0833. The molecule has 1 aromatic carbocycles. The molecule has 2 aromatic rings. The lowest BCUT2D eigenvalue weighted by Gasteiger charge is -2.09. The molecule has 0 fully saturated rings. The summed E-state index contributed by atoms with van der Waals surface area (Å²) in [5.41, 5.74) is 1.54. The zero-order chi connectivity index (χ0) is 13.1. The highest BCUT2D eigenvalue weighted by atomic mass is 16.4. The summed E-state index contributed by atoms with van der Waals surface area (Å²) in [5.74, 6) is -1.36. The molecule has 0 aliphatic carbocycles. The van der Waals surface area contributed by atoms with Gasteiger partial charge in [-0.2, -0.15) is 5.10 Å². The molecule has 1 amide bonds. The quantitative estimate of drug-likeness (QED) is 0.766. The van der Waals surface area contributed by atoms with Crippen LogP contribution in [-0.2, 0) is 0 Å². The van der Waals surface area contributed by atoms with Crippen molar-refractivity contribution in [3.05, 3.63) is 47.3 Å². The minimum absolute atomic E-state index is 0.167. The first-order valence-electron chi connectivity index (χ1n) is 5.22. The van der Waals surface area contributed by atoms with Crippen LogP contribution in [0.3, 0.4) is 0 Å². The van der Waals surface area contributed by atoms with E-state index in [9.17, 15) is 9.59 Å². The molecule has 0 spiro atoms. The molecule has 1 aromatic heterocycles. The van der Waals surface area contributed by atoms with Gasteiger partial charge in [0.25, 0.3) is 5.91 Å². The SMILES string of the molecule is Cc1c(NC(=O)c2cn[nH]c2)cccc1C(=O)O. The van der Waals surface area contributed by atoms with Gasteiger partial charge in [0.1, 0.15) is 0 Å². The van der Waals surface area contributed by atoms with Crippen LogP contribution in [0.25, 0.3) is 0 Å². The van der Waals surface area contributed by atoms with Gasteiger partial charge in [0, 0.05) is 11.9 Å². The van der Waals surface area contributed by atoms with Crippen molar-refractivity contribution >= 4 is 17.6 Å². The topological polar surface area (TPSA) is 95.1 Å². The van der Waals surface area contributed by atoms with Crippen LogP contribution >= 0.6 is 0 Å². The molecular weight excluding hydrogens is 234 g/mol. The summed E-state index contributed by atoms with van der Waals surface area (Å²) in [6, 6.07) is 4.73. The van der Waals surface area contributed by atoms with Crippen LogP contribution in [0.2, 0.25) is 0 Å². The molecule has 92 valence electrons. The third-order valence-corrected chi connectivity index (χ3v) is 2.57. The molecular formula is C12H11N3O3. The fourth-order valence-electron chi connectivity index (χ4n) is 1.57. The number of nitrogens with one attached hydrogen (secondary N) is 2. The van der Waals surface area contributed by atoms with Gasteiger partial charge in [-0.3, -0.25) is 9.89 Å². The molecule has 3 N–H and O–H groups in total. The maximum atomic E-state index is 11.8. The smallest absolute Gasteiger partial charge is 0.336 e. The number of aromatic carboxylic acids is 1. The largest absolute Gasteiger partial charge is 0.478 e. The Balaban J connectivity index is 2.27. The van der Waals surface area contributed by atoms with E-state index in [2.05, 4.69) is 15.5 Å². The molecule has 2 rings (SSSR count). The van der Waals surface area contributed by atoms with Gasteiger partial charge in [-0.25, -0.2) is 4.79 Å². The Labute approximate surface area is 103 Å². The Morgan fingerprint density at radius 3 is 2.78 bits per heavy atom. The van der Waals surface area contributed by atoms with Crippen molar-refractivity contribution in [2.24, 2.45) is 0 Å². The van der Waals surface area contributed by atoms with Gasteiger partial charge >= 0.3 is 5.97 Å². The van der Waals surface area contributed by atoms with Crippen LogP contribution in [0.4, 0.5) is 5.69 Å². The van der Waals surface area contributed by atoms with E-state index in [-0.39, 0.29) is 11.5 Å². The van der Waals surface area contributed by atoms with Gasteiger partial charge in [0.05, 0.1) is 17.3 Å². The predicted octanol–water partition coefficient (Wildman–Crippen LogP) is 1.67. The second-order valence-corrected chi connectivity index (χ2v) is 3.72. The number of nitrogens with zero attached hydrogens (tertiary/aromatic N) is 1. The number of anilines is 1. The molecule has 18 heavy (non-hydrogen) atoms. The summed E-state index contributed by atoms with van der Waals surface area (Å²) >= 11 is 0. The third-order valence-electron chi connectivity index (χ3n) is 2.57. The van der Waals surface area contributed by atoms with Gasteiger partial charge < -0.3 is 10.4 Å². The zero-order valence-electron chi connectivity index (χ0n) is 9.60. The molecule has 0 unspecified atom stereocenters. The second kappa shape index (κ2) is 4.70. The highest BCUT2D eigenvalue weighted by Crippen LogP contribution is 2.19. The van der Waals surface area contributed by atoms with Gasteiger partial charge in [-0.1, -0.05) is 6.07 Å². The summed E-state index contributed by atoms with van der Waals surface area (Å²) in [7, 11) is 0. The molecule has 0 aliphatic heterocycles. The number of carboxylic acids is 1. The number of aromatic nitrogens is 2. The Hall–Kier alpha value is -2.63. The highest BCUT2D eigenvalue weighted by molar-refractivity contribution is 6.05. The van der Waals surface area contributed by atoms with Crippen LogP contribution in [0, 0.1) is 6.92 Å². The van der Waals surface area contributed by atoms with Crippen LogP contribution in [0.5, 0.6) is 0 Å². The monoisotopic (exact) mass is 245 g/mol. The normalized spacial score (nSPS) is 10.1. The predicted molar refractivity (Wildman–Crippen MR) is 64.7 cm³/mol. The van der Waals surface area contributed by atoms with Crippen molar-refractivity contribution in [1.82, 2.24) is 10.2 Å².